The van der Waals surface area contributed by atoms with Gasteiger partial charge in [-0.05, 0) is 38.5 Å². The zero-order valence-electron chi connectivity index (χ0n) is 16.5. The van der Waals surface area contributed by atoms with E-state index in [1.165, 1.54) is 0 Å². The first-order chi connectivity index (χ1) is 13.6. The van der Waals surface area contributed by atoms with Crippen LogP contribution in [-0.4, -0.2) is 91.9 Å². The minimum atomic E-state index is -1.35. The minimum absolute atomic E-state index is 0.553. The third-order valence-corrected chi connectivity index (χ3v) is 5.55. The maximum Gasteiger partial charge on any atom is 0.157 e. The number of benzene rings is 1. The fraction of sp³-hybridized carbons (Fsp3) is 0.684. The van der Waals surface area contributed by atoms with E-state index in [2.05, 4.69) is 10.6 Å². The standard InChI is InChI=1S/C19H30N2O8/c1-7-4-5-10(20-18-16(26)14(24)12(22)8(2)28-18)6-11(7)21-19-17(27)15(25)13(23)9(3)29-19/h4-6,8-9,12-27H,1-3H3. The summed E-state index contributed by atoms with van der Waals surface area (Å²) in [6.45, 7) is 5.03. The summed E-state index contributed by atoms with van der Waals surface area (Å²) in [4.78, 5) is 0. The van der Waals surface area contributed by atoms with Gasteiger partial charge in [-0.15, -0.1) is 0 Å². The van der Waals surface area contributed by atoms with Crippen LogP contribution in [0.15, 0.2) is 18.2 Å². The zero-order valence-corrected chi connectivity index (χ0v) is 16.5. The molecule has 0 radical (unpaired) electrons. The van der Waals surface area contributed by atoms with E-state index >= 15 is 0 Å². The molecule has 0 aliphatic carbocycles. The van der Waals surface area contributed by atoms with Crippen molar-refractivity contribution in [1.82, 2.24) is 0 Å². The Kier molecular flexibility index (Phi) is 6.66. The van der Waals surface area contributed by atoms with Crippen LogP contribution in [0.4, 0.5) is 11.4 Å². The van der Waals surface area contributed by atoms with Crippen LogP contribution in [0.3, 0.4) is 0 Å². The highest BCUT2D eigenvalue weighted by Gasteiger charge is 2.43. The van der Waals surface area contributed by atoms with Crippen molar-refractivity contribution in [2.75, 3.05) is 10.6 Å². The summed E-state index contributed by atoms with van der Waals surface area (Å²) in [7, 11) is 0. The predicted octanol–water partition coefficient (Wildman–Crippen LogP) is -1.53. The number of aliphatic hydroxyl groups excluding tert-OH is 6. The van der Waals surface area contributed by atoms with Gasteiger partial charge in [0, 0.05) is 11.4 Å². The predicted molar refractivity (Wildman–Crippen MR) is 103 cm³/mol. The van der Waals surface area contributed by atoms with Crippen LogP contribution in [0.5, 0.6) is 0 Å². The molecular weight excluding hydrogens is 384 g/mol. The Bertz CT molecular complexity index is 707. The Morgan fingerprint density at radius 2 is 1.17 bits per heavy atom. The largest absolute Gasteiger partial charge is 0.388 e. The molecule has 29 heavy (non-hydrogen) atoms. The third-order valence-electron chi connectivity index (χ3n) is 5.55. The van der Waals surface area contributed by atoms with Crippen molar-refractivity contribution in [2.24, 2.45) is 0 Å². The highest BCUT2D eigenvalue weighted by atomic mass is 16.6. The molecule has 2 aliphatic heterocycles. The molecule has 0 amide bonds. The number of aryl methyl sites for hydroxylation is 1. The van der Waals surface area contributed by atoms with Gasteiger partial charge in [0.15, 0.2) is 12.5 Å². The van der Waals surface area contributed by atoms with Crippen LogP contribution >= 0.6 is 0 Å². The molecule has 10 nitrogen and oxygen atoms in total. The summed E-state index contributed by atoms with van der Waals surface area (Å²) in [5.41, 5.74) is 1.97. The van der Waals surface area contributed by atoms with Crippen LogP contribution in [-0.2, 0) is 9.47 Å². The average Bonchev–Trinajstić information content (AvgIpc) is 2.69. The second-order valence-electron chi connectivity index (χ2n) is 7.79. The molecule has 10 heteroatoms. The molecule has 2 saturated heterocycles. The Morgan fingerprint density at radius 3 is 1.69 bits per heavy atom. The SMILES string of the molecule is Cc1ccc(NC2OC(C)C(O)C(O)C2O)cc1NC1OC(C)C(O)C(O)C1O. The van der Waals surface area contributed by atoms with Gasteiger partial charge in [-0.2, -0.15) is 0 Å². The molecule has 0 saturated carbocycles. The number of aliphatic hydroxyl groups is 6. The summed E-state index contributed by atoms with van der Waals surface area (Å²) in [5.74, 6) is 0. The van der Waals surface area contributed by atoms with Crippen LogP contribution in [0.25, 0.3) is 0 Å². The monoisotopic (exact) mass is 414 g/mol. The van der Waals surface area contributed by atoms with E-state index in [1.54, 1.807) is 32.0 Å². The zero-order chi connectivity index (χ0) is 21.5. The van der Waals surface area contributed by atoms with E-state index < -0.39 is 61.3 Å². The van der Waals surface area contributed by atoms with Gasteiger partial charge < -0.3 is 50.7 Å². The molecule has 8 N–H and O–H groups in total. The number of hydrogen-bond donors (Lipinski definition) is 8. The topological polar surface area (TPSA) is 164 Å². The normalized spacial score (nSPS) is 43.1. The first-order valence-electron chi connectivity index (χ1n) is 9.63. The van der Waals surface area contributed by atoms with Crippen molar-refractivity contribution >= 4 is 11.4 Å². The molecule has 2 fully saturated rings. The summed E-state index contributed by atoms with van der Waals surface area (Å²) in [5, 5.41) is 65.9. The first-order valence-corrected chi connectivity index (χ1v) is 9.63. The van der Waals surface area contributed by atoms with Gasteiger partial charge in [0.2, 0.25) is 0 Å². The van der Waals surface area contributed by atoms with Gasteiger partial charge in [-0.3, -0.25) is 0 Å². The van der Waals surface area contributed by atoms with Gasteiger partial charge >= 0.3 is 0 Å². The second-order valence-corrected chi connectivity index (χ2v) is 7.79. The Balaban J connectivity index is 1.73. The minimum Gasteiger partial charge on any atom is -0.388 e. The molecule has 0 aromatic heterocycles. The van der Waals surface area contributed by atoms with Gasteiger partial charge in [-0.1, -0.05) is 6.07 Å². The summed E-state index contributed by atoms with van der Waals surface area (Å²) >= 11 is 0. The fourth-order valence-corrected chi connectivity index (χ4v) is 3.53. The van der Waals surface area contributed by atoms with Gasteiger partial charge in [0.1, 0.15) is 36.6 Å². The molecule has 10 unspecified atom stereocenters. The average molecular weight is 414 g/mol. The number of anilines is 2. The number of nitrogens with one attached hydrogen (secondary N) is 2. The maximum atomic E-state index is 10.2. The molecular formula is C19H30N2O8. The van der Waals surface area contributed by atoms with E-state index in [1.807, 2.05) is 6.92 Å². The van der Waals surface area contributed by atoms with E-state index in [0.29, 0.717) is 11.4 Å². The van der Waals surface area contributed by atoms with Gasteiger partial charge in [0.05, 0.1) is 12.2 Å². The molecule has 10 atom stereocenters. The van der Waals surface area contributed by atoms with Crippen LogP contribution < -0.4 is 10.6 Å². The molecule has 164 valence electrons. The van der Waals surface area contributed by atoms with Crippen molar-refractivity contribution in [3.8, 4) is 0 Å². The molecule has 1 aromatic carbocycles. The van der Waals surface area contributed by atoms with Crippen molar-refractivity contribution in [3.05, 3.63) is 23.8 Å². The lowest BCUT2D eigenvalue weighted by atomic mass is 9.98. The highest BCUT2D eigenvalue weighted by Crippen LogP contribution is 2.28. The second kappa shape index (κ2) is 8.70. The molecule has 0 spiro atoms. The summed E-state index contributed by atoms with van der Waals surface area (Å²) in [6.07, 6.45) is -11.0. The van der Waals surface area contributed by atoms with Crippen LogP contribution in [0.2, 0.25) is 0 Å². The molecule has 2 aliphatic rings. The van der Waals surface area contributed by atoms with E-state index in [-0.39, 0.29) is 0 Å². The van der Waals surface area contributed by atoms with Crippen molar-refractivity contribution in [1.29, 1.82) is 0 Å². The Labute approximate surface area is 168 Å². The number of ether oxygens (including phenoxy) is 2. The van der Waals surface area contributed by atoms with Gasteiger partial charge in [0.25, 0.3) is 0 Å². The van der Waals surface area contributed by atoms with Crippen molar-refractivity contribution in [3.63, 3.8) is 0 Å². The molecule has 2 heterocycles. The number of hydrogen-bond acceptors (Lipinski definition) is 10. The lowest BCUT2D eigenvalue weighted by Crippen LogP contribution is -2.59. The first kappa shape index (κ1) is 22.2. The lowest BCUT2D eigenvalue weighted by Gasteiger charge is -2.40. The lowest BCUT2D eigenvalue weighted by molar-refractivity contribution is -0.209. The quantitative estimate of drug-likeness (QED) is 0.290. The summed E-state index contributed by atoms with van der Waals surface area (Å²) in [6, 6.07) is 5.24. The third kappa shape index (κ3) is 4.49. The van der Waals surface area contributed by atoms with E-state index in [0.717, 1.165) is 5.56 Å². The molecule has 1 aromatic rings. The smallest absolute Gasteiger partial charge is 0.157 e. The van der Waals surface area contributed by atoms with Crippen molar-refractivity contribution in [2.45, 2.75) is 82.1 Å². The van der Waals surface area contributed by atoms with Gasteiger partial charge in [-0.25, -0.2) is 0 Å². The fourth-order valence-electron chi connectivity index (χ4n) is 3.53. The molecule has 3 rings (SSSR count). The van der Waals surface area contributed by atoms with Crippen LogP contribution in [0.1, 0.15) is 19.4 Å². The van der Waals surface area contributed by atoms with E-state index in [9.17, 15) is 30.6 Å². The van der Waals surface area contributed by atoms with Crippen molar-refractivity contribution < 1.29 is 40.1 Å². The van der Waals surface area contributed by atoms with Crippen LogP contribution in [0, 0.1) is 6.92 Å². The Hall–Kier alpha value is -1.50. The highest BCUT2D eigenvalue weighted by molar-refractivity contribution is 5.61. The maximum absolute atomic E-state index is 10.2. The van der Waals surface area contributed by atoms with E-state index in [4.69, 9.17) is 9.47 Å². The Morgan fingerprint density at radius 1 is 0.690 bits per heavy atom. The molecule has 0 bridgehead atoms. The summed E-state index contributed by atoms with van der Waals surface area (Å²) < 4.78 is 11.1. The number of rotatable bonds is 4.